The Hall–Kier alpha value is -0.780. The number of alkyl halides is 3. The van der Waals surface area contributed by atoms with Gasteiger partial charge in [-0.05, 0) is 19.3 Å². The summed E-state index contributed by atoms with van der Waals surface area (Å²) >= 11 is 0. The van der Waals surface area contributed by atoms with Crippen LogP contribution in [0.3, 0.4) is 0 Å². The van der Waals surface area contributed by atoms with Gasteiger partial charge in [-0.1, -0.05) is 0 Å². The summed E-state index contributed by atoms with van der Waals surface area (Å²) in [5, 5.41) is 1.80. The van der Waals surface area contributed by atoms with Crippen LogP contribution in [0.5, 0.6) is 0 Å². The number of hydrogen-bond donors (Lipinski definition) is 1. The lowest BCUT2D eigenvalue weighted by molar-refractivity contribution is -0.174. The molecule has 1 atom stereocenters. The average Bonchev–Trinajstić information content (AvgIpc) is 2.14. The maximum atomic E-state index is 11.8. The Labute approximate surface area is 79.6 Å². The van der Waals surface area contributed by atoms with Crippen LogP contribution in [0.15, 0.2) is 0 Å². The van der Waals surface area contributed by atoms with E-state index in [2.05, 4.69) is 0 Å². The van der Waals surface area contributed by atoms with Crippen LogP contribution in [-0.2, 0) is 9.53 Å². The van der Waals surface area contributed by atoms with E-state index in [9.17, 15) is 18.0 Å². The SMILES string of the molecule is O=C(NCC1CCCCO1)C(F)(F)F. The summed E-state index contributed by atoms with van der Waals surface area (Å²) in [6.07, 6.45) is -2.49. The number of hydrogen-bond acceptors (Lipinski definition) is 2. The van der Waals surface area contributed by atoms with E-state index < -0.39 is 12.1 Å². The number of amides is 1. The molecule has 3 nitrogen and oxygen atoms in total. The Kier molecular flexibility index (Phi) is 3.74. The highest BCUT2D eigenvalue weighted by atomic mass is 19.4. The van der Waals surface area contributed by atoms with Crippen molar-refractivity contribution in [1.82, 2.24) is 5.32 Å². The molecule has 1 saturated heterocycles. The van der Waals surface area contributed by atoms with Crippen molar-refractivity contribution in [1.29, 1.82) is 0 Å². The van der Waals surface area contributed by atoms with Crippen LogP contribution in [0.1, 0.15) is 19.3 Å². The van der Waals surface area contributed by atoms with E-state index in [0.717, 1.165) is 12.8 Å². The first-order chi connectivity index (χ1) is 6.50. The molecule has 14 heavy (non-hydrogen) atoms. The third-order valence-corrected chi connectivity index (χ3v) is 2.02. The second kappa shape index (κ2) is 4.63. The Balaban J connectivity index is 2.22. The zero-order chi connectivity index (χ0) is 10.6. The Morgan fingerprint density at radius 3 is 2.64 bits per heavy atom. The first-order valence-corrected chi connectivity index (χ1v) is 4.47. The summed E-state index contributed by atoms with van der Waals surface area (Å²) < 4.78 is 40.4. The van der Waals surface area contributed by atoms with E-state index in [1.165, 1.54) is 0 Å². The standard InChI is InChI=1S/C8H12F3NO2/c9-8(10,11)7(13)12-5-6-3-1-2-4-14-6/h6H,1-5H2,(H,12,13). The molecule has 0 spiro atoms. The molecule has 1 heterocycles. The molecular weight excluding hydrogens is 199 g/mol. The van der Waals surface area contributed by atoms with Crippen molar-refractivity contribution in [2.45, 2.75) is 31.5 Å². The Bertz CT molecular complexity index is 199. The molecule has 1 amide bonds. The molecule has 6 heteroatoms. The van der Waals surface area contributed by atoms with Crippen LogP contribution in [0.2, 0.25) is 0 Å². The minimum atomic E-state index is -4.80. The van der Waals surface area contributed by atoms with Crippen LogP contribution in [0, 0.1) is 0 Å². The highest BCUT2D eigenvalue weighted by molar-refractivity contribution is 5.81. The molecule has 1 aliphatic rings. The van der Waals surface area contributed by atoms with Crippen molar-refractivity contribution in [2.75, 3.05) is 13.2 Å². The van der Waals surface area contributed by atoms with Crippen LogP contribution in [-0.4, -0.2) is 31.3 Å². The number of nitrogens with one attached hydrogen (secondary N) is 1. The summed E-state index contributed by atoms with van der Waals surface area (Å²) in [6, 6.07) is 0. The molecule has 1 fully saturated rings. The summed E-state index contributed by atoms with van der Waals surface area (Å²) in [4.78, 5) is 10.4. The van der Waals surface area contributed by atoms with Gasteiger partial charge in [0.2, 0.25) is 0 Å². The van der Waals surface area contributed by atoms with E-state index in [1.54, 1.807) is 5.32 Å². The van der Waals surface area contributed by atoms with Gasteiger partial charge in [0.05, 0.1) is 6.10 Å². The lowest BCUT2D eigenvalue weighted by Gasteiger charge is -2.22. The Morgan fingerprint density at radius 2 is 2.14 bits per heavy atom. The maximum absolute atomic E-state index is 11.8. The zero-order valence-electron chi connectivity index (χ0n) is 7.56. The van der Waals surface area contributed by atoms with E-state index in [-0.39, 0.29) is 12.6 Å². The Morgan fingerprint density at radius 1 is 1.43 bits per heavy atom. The van der Waals surface area contributed by atoms with Crippen LogP contribution in [0.4, 0.5) is 13.2 Å². The number of carbonyl (C=O) groups is 1. The van der Waals surface area contributed by atoms with E-state index >= 15 is 0 Å². The molecule has 1 aliphatic heterocycles. The summed E-state index contributed by atoms with van der Waals surface area (Å²) in [5.74, 6) is -1.90. The van der Waals surface area contributed by atoms with Gasteiger partial charge < -0.3 is 10.1 Å². The molecule has 0 saturated carbocycles. The van der Waals surface area contributed by atoms with Crippen molar-refractivity contribution in [2.24, 2.45) is 0 Å². The number of rotatable bonds is 2. The fourth-order valence-electron chi connectivity index (χ4n) is 1.28. The van der Waals surface area contributed by atoms with Crippen molar-refractivity contribution in [3.63, 3.8) is 0 Å². The normalized spacial score (nSPS) is 23.2. The second-order valence-electron chi connectivity index (χ2n) is 3.20. The van der Waals surface area contributed by atoms with Crippen molar-refractivity contribution < 1.29 is 22.7 Å². The van der Waals surface area contributed by atoms with Crippen LogP contribution >= 0.6 is 0 Å². The van der Waals surface area contributed by atoms with Gasteiger partial charge in [0.15, 0.2) is 0 Å². The number of carbonyl (C=O) groups excluding carboxylic acids is 1. The van der Waals surface area contributed by atoms with Gasteiger partial charge in [0.1, 0.15) is 0 Å². The average molecular weight is 211 g/mol. The molecule has 1 unspecified atom stereocenters. The van der Waals surface area contributed by atoms with Gasteiger partial charge >= 0.3 is 12.1 Å². The summed E-state index contributed by atoms with van der Waals surface area (Å²) in [5.41, 5.74) is 0. The third-order valence-electron chi connectivity index (χ3n) is 2.02. The van der Waals surface area contributed by atoms with Gasteiger partial charge in [-0.3, -0.25) is 4.79 Å². The molecule has 1 N–H and O–H groups in total. The molecule has 0 aromatic heterocycles. The first kappa shape index (κ1) is 11.3. The monoisotopic (exact) mass is 211 g/mol. The first-order valence-electron chi connectivity index (χ1n) is 4.47. The second-order valence-corrected chi connectivity index (χ2v) is 3.20. The minimum absolute atomic E-state index is 0.0572. The van der Waals surface area contributed by atoms with Gasteiger partial charge in [0.25, 0.3) is 0 Å². The quantitative estimate of drug-likeness (QED) is 0.746. The van der Waals surface area contributed by atoms with Gasteiger partial charge in [-0.25, -0.2) is 0 Å². The van der Waals surface area contributed by atoms with E-state index in [1.807, 2.05) is 0 Å². The van der Waals surface area contributed by atoms with Gasteiger partial charge in [-0.2, -0.15) is 13.2 Å². The molecule has 0 radical (unpaired) electrons. The summed E-state index contributed by atoms with van der Waals surface area (Å²) in [7, 11) is 0. The van der Waals surface area contributed by atoms with E-state index in [4.69, 9.17) is 4.74 Å². The highest BCUT2D eigenvalue weighted by Crippen LogP contribution is 2.15. The van der Waals surface area contributed by atoms with Gasteiger partial charge in [-0.15, -0.1) is 0 Å². The van der Waals surface area contributed by atoms with Crippen molar-refractivity contribution in [3.8, 4) is 0 Å². The van der Waals surface area contributed by atoms with E-state index in [0.29, 0.717) is 13.0 Å². The predicted molar refractivity (Wildman–Crippen MR) is 42.7 cm³/mol. The summed E-state index contributed by atoms with van der Waals surface area (Å²) in [6.45, 7) is 0.505. The van der Waals surface area contributed by atoms with Gasteiger partial charge in [0, 0.05) is 13.2 Å². The van der Waals surface area contributed by atoms with Crippen molar-refractivity contribution >= 4 is 5.91 Å². The molecule has 0 aromatic rings. The maximum Gasteiger partial charge on any atom is 0.471 e. The van der Waals surface area contributed by atoms with Crippen LogP contribution in [0.25, 0.3) is 0 Å². The lowest BCUT2D eigenvalue weighted by atomic mass is 10.1. The molecule has 0 aliphatic carbocycles. The fraction of sp³-hybridized carbons (Fsp3) is 0.875. The predicted octanol–water partition coefficient (Wildman–Crippen LogP) is 1.23. The molecule has 0 aromatic carbocycles. The largest absolute Gasteiger partial charge is 0.471 e. The molecule has 1 rings (SSSR count). The molecule has 0 bridgehead atoms. The molecule has 82 valence electrons. The number of halogens is 3. The third kappa shape index (κ3) is 3.53. The highest BCUT2D eigenvalue weighted by Gasteiger charge is 2.38. The van der Waals surface area contributed by atoms with Crippen molar-refractivity contribution in [3.05, 3.63) is 0 Å². The topological polar surface area (TPSA) is 38.3 Å². The smallest absolute Gasteiger partial charge is 0.376 e. The lowest BCUT2D eigenvalue weighted by Crippen LogP contribution is -2.42. The van der Waals surface area contributed by atoms with Crippen LogP contribution < -0.4 is 5.32 Å². The minimum Gasteiger partial charge on any atom is -0.376 e. The zero-order valence-corrected chi connectivity index (χ0v) is 7.56. The number of ether oxygens (including phenoxy) is 1. The molecular formula is C8H12F3NO2. The fourth-order valence-corrected chi connectivity index (χ4v) is 1.28.